The number of para-hydroxylation sites is 2. The Labute approximate surface area is 752 Å². The van der Waals surface area contributed by atoms with Crippen molar-refractivity contribution in [2.75, 3.05) is 66.9 Å². The molecule has 2 unspecified atom stereocenters. The Morgan fingerprint density at radius 1 is 0.524 bits per heavy atom. The molecule has 3 heterocycles. The van der Waals surface area contributed by atoms with Crippen LogP contribution in [0.15, 0.2) is 243 Å². The summed E-state index contributed by atoms with van der Waals surface area (Å²) in [5, 5.41) is 11.4. The fraction of sp³-hybridized carbons (Fsp3) is 0.390. The van der Waals surface area contributed by atoms with Crippen LogP contribution in [-0.4, -0.2) is 146 Å². The maximum absolute atomic E-state index is 13.5. The number of anilines is 2. The number of aliphatic imine (C=N–C) groups is 1. The van der Waals surface area contributed by atoms with Gasteiger partial charge in [-0.25, -0.2) is 16.8 Å². The standard InChI is InChI=1S/C49H55ClN2O8S2.C23H23ClN2O2.C19H23NO3S.C9H14O3/c1-6-60-47(53)37-31-35(21-25-42-48(2,3)44-38-17-9-7-15-33(38)19-23-40(44)51(42)27-11-13-29-61(54,55)56)46(50)36(32-37)22-26-43-49(4,5)45-39-18-10-8-16-34(39)20-24-41(45)52(43)28-12-14-30-62(57,58)59;1-2-28-23(27)17-13-18(15-25-20-9-5-3-6-10-20)22(24)19(14-17)16-26-21-11-7-4-8-12-21;1-14-19(2,3)18-16-9-5-4-8-15(16)10-11-17(18)20(14)12-6-7-13-24(21,22)23;1-2-12-9(11)7-3-5-8(10)6-4-7/h7-10,15-26,37H,6,11-14,27-32H2,1-5H3,(H-,54,55,56,57,58,59);3-12,15-17,25H,2,13-14H2,1H3;4-5,8-11H,6-7,12-13H2,1-3H3;7H,2-6H2,1H3/b;18-15+,26-16?;;. The first kappa shape index (κ1) is 96.6. The maximum atomic E-state index is 13.5. The highest BCUT2D eigenvalue weighted by molar-refractivity contribution is 7.86. The zero-order valence-electron chi connectivity index (χ0n) is 73.5. The molecule has 2 N–H and O–H groups in total. The van der Waals surface area contributed by atoms with Gasteiger partial charge in [-0.2, -0.15) is 17.6 Å². The Bertz CT molecular complexity index is 6040. The van der Waals surface area contributed by atoms with Crippen LogP contribution in [-0.2, 0) is 80.0 Å². The van der Waals surface area contributed by atoms with E-state index in [0.29, 0.717) is 120 Å². The van der Waals surface area contributed by atoms with Crippen LogP contribution >= 0.6 is 23.2 Å². The van der Waals surface area contributed by atoms with Crippen molar-refractivity contribution < 1.29 is 81.5 Å². The van der Waals surface area contributed by atoms with Crippen molar-refractivity contribution in [2.45, 2.75) is 175 Å². The molecule has 0 saturated heterocycles. The molecule has 0 spiro atoms. The number of hydrogen-bond donors (Lipinski definition) is 2. The number of ketones is 1. The monoisotopic (exact) mass is 1810 g/mol. The molecule has 126 heavy (non-hydrogen) atoms. The largest absolute Gasteiger partial charge is 0.748 e. The van der Waals surface area contributed by atoms with Crippen molar-refractivity contribution in [3.8, 4) is 0 Å². The van der Waals surface area contributed by atoms with Gasteiger partial charge in [0, 0.05) is 125 Å². The first-order valence-corrected chi connectivity index (χ1v) is 48.9. The first-order chi connectivity index (χ1) is 59.9. The summed E-state index contributed by atoms with van der Waals surface area (Å²) in [4.78, 5) is 54.6. The van der Waals surface area contributed by atoms with Crippen LogP contribution < -0.4 is 10.2 Å². The van der Waals surface area contributed by atoms with Gasteiger partial charge in [0.25, 0.3) is 10.1 Å². The molecule has 26 heteroatoms. The number of allylic oxidation sites excluding steroid dienone is 11. The van der Waals surface area contributed by atoms with Gasteiger partial charge >= 0.3 is 17.9 Å². The fourth-order valence-electron chi connectivity index (χ4n) is 17.8. The minimum Gasteiger partial charge on any atom is -0.748 e. The topological polar surface area (TPSA) is 298 Å². The van der Waals surface area contributed by atoms with E-state index in [1.165, 1.54) is 27.7 Å². The number of carbonyl (C=O) groups is 4. The summed E-state index contributed by atoms with van der Waals surface area (Å²) in [7, 11) is -12.6. The third kappa shape index (κ3) is 24.2. The van der Waals surface area contributed by atoms with Crippen molar-refractivity contribution in [1.82, 2.24) is 0 Å². The minimum atomic E-state index is -4.34. The number of Topliss-reactive ketones (excluding diaryl/α,β-unsaturated/α-hetero) is 1. The average molecular weight is 1810 g/mol. The molecule has 2 atom stereocenters. The van der Waals surface area contributed by atoms with Crippen LogP contribution in [0.25, 0.3) is 32.3 Å². The van der Waals surface area contributed by atoms with Crippen LogP contribution in [0.5, 0.6) is 0 Å². The molecular formula is C100H115Cl2N5O16S3. The van der Waals surface area contributed by atoms with Gasteiger partial charge in [0.15, 0.2) is 11.4 Å². The number of rotatable bonds is 28. The van der Waals surface area contributed by atoms with Gasteiger partial charge in [0.1, 0.15) is 18.9 Å². The summed E-state index contributed by atoms with van der Waals surface area (Å²) in [5.41, 5.74) is 14.2. The number of hydrogen-bond acceptors (Lipinski definition) is 18. The molecule has 14 rings (SSSR count). The Balaban J connectivity index is 0.000000196. The van der Waals surface area contributed by atoms with E-state index in [4.69, 9.17) is 37.4 Å². The number of nitrogens with one attached hydrogen (secondary N) is 1. The quantitative estimate of drug-likeness (QED) is 0.0115. The smallest absolute Gasteiger partial charge is 0.309 e. The number of benzene rings is 8. The molecule has 8 aromatic rings. The van der Waals surface area contributed by atoms with Crippen molar-refractivity contribution in [3.63, 3.8) is 0 Å². The summed E-state index contributed by atoms with van der Waals surface area (Å²) < 4.78 is 119. The summed E-state index contributed by atoms with van der Waals surface area (Å²) >= 11 is 14.0. The Morgan fingerprint density at radius 2 is 0.984 bits per heavy atom. The number of esters is 3. The molecule has 0 amide bonds. The zero-order chi connectivity index (χ0) is 90.9. The molecule has 3 aliphatic carbocycles. The fourth-order valence-corrected chi connectivity index (χ4v) is 20.1. The average Bonchev–Trinajstić information content (AvgIpc) is 1.58. The van der Waals surface area contributed by atoms with Gasteiger partial charge in [-0.1, -0.05) is 164 Å². The molecule has 8 aromatic carbocycles. The Kier molecular flexibility index (Phi) is 32.8. The van der Waals surface area contributed by atoms with E-state index in [9.17, 15) is 58.1 Å². The van der Waals surface area contributed by atoms with Crippen molar-refractivity contribution in [1.29, 1.82) is 0 Å². The Hall–Kier alpha value is -10.0. The lowest BCUT2D eigenvalue weighted by molar-refractivity contribution is -0.439. The van der Waals surface area contributed by atoms with E-state index >= 15 is 0 Å². The first-order valence-electron chi connectivity index (χ1n) is 43.4. The highest BCUT2D eigenvalue weighted by atomic mass is 35.5. The third-order valence-corrected chi connectivity index (χ3v) is 27.7. The van der Waals surface area contributed by atoms with Gasteiger partial charge < -0.3 is 33.5 Å². The summed E-state index contributed by atoms with van der Waals surface area (Å²) in [6.45, 7) is 23.5. The van der Waals surface area contributed by atoms with Crippen molar-refractivity contribution in [2.24, 2.45) is 22.7 Å². The Morgan fingerprint density at radius 3 is 1.53 bits per heavy atom. The number of unbranched alkanes of at least 4 members (excludes halogenated alkanes) is 3. The second-order valence-corrected chi connectivity index (χ2v) is 39.5. The van der Waals surface area contributed by atoms with E-state index in [1.54, 1.807) is 20.1 Å². The summed E-state index contributed by atoms with van der Waals surface area (Å²) in [6.07, 6.45) is 18.6. The molecule has 0 radical (unpaired) electrons. The molecule has 6 aliphatic rings. The van der Waals surface area contributed by atoms with Crippen molar-refractivity contribution in [3.05, 3.63) is 255 Å². The SMILES string of the molecule is CC1=[N+](CCCCS(=O)(=O)[O-])c2ccc3ccccc3c2C1(C)C.CCOC(=O)C1CC(=CC=C2N(CCCCS(=O)(=O)[O-])c3ccc4ccccc4c3C2(C)C)C(Cl)=C(C=CC2=[N+](CCCCS(=O)(=O)O)c3ccc4ccccc4c3C2(C)C)C1.CCOC(=O)C1CC(C=Nc2ccccc2)=C(Cl)/C(=C/Nc2ccccc2)C1.CCOC(=O)C1CCC(=O)CC1. The van der Waals surface area contributed by atoms with E-state index in [1.807, 2.05) is 116 Å². The molecule has 21 nitrogen and oxygen atoms in total. The van der Waals surface area contributed by atoms with E-state index < -0.39 is 52.9 Å². The highest BCUT2D eigenvalue weighted by Crippen LogP contribution is 2.52. The molecular weight excluding hydrogens is 1690 g/mol. The molecule has 668 valence electrons. The molecule has 1 fully saturated rings. The molecule has 0 aromatic heterocycles. The number of ether oxygens (including phenoxy) is 3. The van der Waals surface area contributed by atoms with Gasteiger partial charge in [-0.05, 0) is 221 Å². The van der Waals surface area contributed by atoms with Gasteiger partial charge in [0.05, 0.1) is 80.1 Å². The van der Waals surface area contributed by atoms with Crippen LogP contribution in [0.2, 0.25) is 0 Å². The van der Waals surface area contributed by atoms with Crippen molar-refractivity contribution >= 4 is 156 Å². The van der Waals surface area contributed by atoms with Gasteiger partial charge in [0.2, 0.25) is 11.4 Å². The van der Waals surface area contributed by atoms with Gasteiger partial charge in [-0.3, -0.25) is 28.7 Å². The summed E-state index contributed by atoms with van der Waals surface area (Å²) in [6, 6.07) is 57.1. The van der Waals surface area contributed by atoms with Crippen LogP contribution in [0.3, 0.4) is 0 Å². The highest BCUT2D eigenvalue weighted by Gasteiger charge is 2.47. The molecule has 1 saturated carbocycles. The van der Waals surface area contributed by atoms with Crippen LogP contribution in [0, 0.1) is 17.8 Å². The van der Waals surface area contributed by atoms with Crippen LogP contribution in [0.4, 0.5) is 28.4 Å². The predicted molar refractivity (Wildman–Crippen MR) is 503 cm³/mol. The lowest BCUT2D eigenvalue weighted by atomic mass is 9.78. The summed E-state index contributed by atoms with van der Waals surface area (Å²) in [5.74, 6) is -2.17. The molecule has 0 bridgehead atoms. The lowest BCUT2D eigenvalue weighted by Crippen LogP contribution is -2.28. The minimum absolute atomic E-state index is 0.0253. The zero-order valence-corrected chi connectivity index (χ0v) is 77.4. The predicted octanol–water partition coefficient (Wildman–Crippen LogP) is 20.7. The van der Waals surface area contributed by atoms with E-state index in [-0.39, 0.29) is 65.5 Å². The second-order valence-electron chi connectivity index (χ2n) is 34.1. The van der Waals surface area contributed by atoms with Crippen LogP contribution in [0.1, 0.15) is 176 Å². The van der Waals surface area contributed by atoms with E-state index in [2.05, 4.69) is 164 Å². The number of carbonyl (C=O) groups excluding carboxylic acids is 4. The molecule has 3 aliphatic heterocycles. The van der Waals surface area contributed by atoms with Gasteiger partial charge in [-0.15, -0.1) is 0 Å². The van der Waals surface area contributed by atoms with E-state index in [0.717, 1.165) is 95.7 Å². The third-order valence-electron chi connectivity index (χ3n) is 24.3. The number of fused-ring (bicyclic) bond motifs is 9. The normalized spacial score (nSPS) is 19.0. The number of nitrogens with zero attached hydrogens (tertiary/aromatic N) is 4. The maximum Gasteiger partial charge on any atom is 0.309 e. The second kappa shape index (κ2) is 42.7. The lowest BCUT2D eigenvalue weighted by Gasteiger charge is -2.28. The number of halogens is 2.